The Bertz CT molecular complexity index is 153. The normalized spacial score (nSPS) is 20.5. The second kappa shape index (κ2) is 4.30. The number of piperidine rings is 1. The molecule has 1 rings (SSSR count). The average Bonchev–Trinajstić information content (AvgIpc) is 2.09. The van der Waals surface area contributed by atoms with Crippen LogP contribution in [0.2, 0.25) is 0 Å². The lowest BCUT2D eigenvalue weighted by Gasteiger charge is -2.29. The summed E-state index contributed by atoms with van der Waals surface area (Å²) < 4.78 is 4.49. The molecule has 0 bridgehead atoms. The molecule has 4 heteroatoms. The van der Waals surface area contributed by atoms with Gasteiger partial charge in [-0.2, -0.15) is 0 Å². The molecule has 0 spiro atoms. The van der Waals surface area contributed by atoms with Gasteiger partial charge in [0.2, 0.25) is 0 Å². The van der Waals surface area contributed by atoms with Crippen LogP contribution >= 0.6 is 0 Å². The molecule has 0 saturated carbocycles. The molecule has 1 fully saturated rings. The zero-order valence-corrected chi connectivity index (χ0v) is 7.67. The van der Waals surface area contributed by atoms with E-state index in [0.717, 1.165) is 31.8 Å². The molecule has 0 unspecified atom stereocenters. The molecule has 0 aromatic heterocycles. The molecule has 0 radical (unpaired) electrons. The summed E-state index contributed by atoms with van der Waals surface area (Å²) in [5, 5.41) is 1.91. The molecule has 4 nitrogen and oxygen atoms in total. The Labute approximate surface area is 72.8 Å². The minimum Gasteiger partial charge on any atom is -0.452 e. The van der Waals surface area contributed by atoms with E-state index in [2.05, 4.69) is 17.1 Å². The molecular formula is C8H16N2O2. The first-order valence-electron chi connectivity index (χ1n) is 4.32. The van der Waals surface area contributed by atoms with Gasteiger partial charge in [-0.15, -0.1) is 0 Å². The van der Waals surface area contributed by atoms with Gasteiger partial charge in [-0.25, -0.2) is 9.80 Å². The molecule has 1 saturated heterocycles. The molecule has 1 heterocycles. The predicted octanol–water partition coefficient (Wildman–Crippen LogP) is 0.989. The summed E-state index contributed by atoms with van der Waals surface area (Å²) >= 11 is 0. The number of hydrogen-bond donors (Lipinski definition) is 1. The highest BCUT2D eigenvalue weighted by Crippen LogP contribution is 2.13. The van der Waals surface area contributed by atoms with Crippen LogP contribution in [0.1, 0.15) is 19.8 Å². The van der Waals surface area contributed by atoms with Gasteiger partial charge in [-0.05, 0) is 18.8 Å². The summed E-state index contributed by atoms with van der Waals surface area (Å²) in [7, 11) is 1.38. The Morgan fingerprint density at radius 3 is 2.58 bits per heavy atom. The van der Waals surface area contributed by atoms with E-state index in [9.17, 15) is 4.79 Å². The van der Waals surface area contributed by atoms with Crippen LogP contribution in [0, 0.1) is 5.92 Å². The van der Waals surface area contributed by atoms with Crippen LogP contribution in [-0.2, 0) is 4.74 Å². The summed E-state index contributed by atoms with van der Waals surface area (Å²) in [5.41, 5.74) is 2.66. The number of ether oxygens (including phenoxy) is 1. The fourth-order valence-corrected chi connectivity index (χ4v) is 1.30. The molecule has 1 aliphatic rings. The second-order valence-corrected chi connectivity index (χ2v) is 3.27. The van der Waals surface area contributed by atoms with Crippen LogP contribution in [0.4, 0.5) is 4.79 Å². The maximum atomic E-state index is 10.8. The van der Waals surface area contributed by atoms with Crippen LogP contribution in [-0.4, -0.2) is 31.3 Å². The topological polar surface area (TPSA) is 41.6 Å². The fraction of sp³-hybridized carbons (Fsp3) is 0.875. The van der Waals surface area contributed by atoms with Gasteiger partial charge in [0.15, 0.2) is 0 Å². The van der Waals surface area contributed by atoms with Gasteiger partial charge in [0.05, 0.1) is 7.11 Å². The zero-order valence-electron chi connectivity index (χ0n) is 7.67. The van der Waals surface area contributed by atoms with Crippen molar-refractivity contribution in [3.63, 3.8) is 0 Å². The number of nitrogens with zero attached hydrogens (tertiary/aromatic N) is 1. The highest BCUT2D eigenvalue weighted by atomic mass is 16.5. The lowest BCUT2D eigenvalue weighted by molar-refractivity contribution is 0.0993. The molecule has 1 aliphatic heterocycles. The lowest BCUT2D eigenvalue weighted by atomic mass is 10.0. The fourth-order valence-electron chi connectivity index (χ4n) is 1.30. The Morgan fingerprint density at radius 1 is 1.50 bits per heavy atom. The van der Waals surface area contributed by atoms with Crippen LogP contribution in [0.5, 0.6) is 0 Å². The minimum absolute atomic E-state index is 0.371. The zero-order chi connectivity index (χ0) is 8.97. The van der Waals surface area contributed by atoms with Crippen molar-refractivity contribution in [3.05, 3.63) is 0 Å². The third kappa shape index (κ3) is 2.70. The van der Waals surface area contributed by atoms with Gasteiger partial charge >= 0.3 is 6.09 Å². The predicted molar refractivity (Wildman–Crippen MR) is 45.5 cm³/mol. The van der Waals surface area contributed by atoms with E-state index in [0.29, 0.717) is 0 Å². The number of hydrazine groups is 1. The maximum absolute atomic E-state index is 10.8. The van der Waals surface area contributed by atoms with E-state index >= 15 is 0 Å². The molecule has 0 aromatic rings. The first-order valence-corrected chi connectivity index (χ1v) is 4.32. The number of nitrogens with one attached hydrogen (secondary N) is 1. The molecule has 1 amide bonds. The lowest BCUT2D eigenvalue weighted by Crippen LogP contribution is -2.46. The van der Waals surface area contributed by atoms with Crippen molar-refractivity contribution >= 4 is 6.09 Å². The summed E-state index contributed by atoms with van der Waals surface area (Å²) in [6.45, 7) is 4.09. The van der Waals surface area contributed by atoms with Gasteiger partial charge < -0.3 is 4.74 Å². The van der Waals surface area contributed by atoms with Gasteiger partial charge in [-0.3, -0.25) is 5.43 Å². The number of amides is 1. The molecule has 0 aromatic carbocycles. The third-order valence-corrected chi connectivity index (χ3v) is 2.22. The third-order valence-electron chi connectivity index (χ3n) is 2.22. The van der Waals surface area contributed by atoms with Gasteiger partial charge in [-0.1, -0.05) is 6.92 Å². The Morgan fingerprint density at radius 2 is 2.08 bits per heavy atom. The van der Waals surface area contributed by atoms with Crippen molar-refractivity contribution in [1.82, 2.24) is 10.4 Å². The summed E-state index contributed by atoms with van der Waals surface area (Å²) in [6.07, 6.45) is 1.91. The first-order chi connectivity index (χ1) is 5.72. The maximum Gasteiger partial charge on any atom is 0.421 e. The van der Waals surface area contributed by atoms with Crippen LogP contribution in [0.15, 0.2) is 0 Å². The van der Waals surface area contributed by atoms with E-state index in [1.807, 2.05) is 5.01 Å². The molecule has 1 N–H and O–H groups in total. The van der Waals surface area contributed by atoms with Crippen LogP contribution in [0.25, 0.3) is 0 Å². The monoisotopic (exact) mass is 172 g/mol. The average molecular weight is 172 g/mol. The van der Waals surface area contributed by atoms with Crippen molar-refractivity contribution < 1.29 is 9.53 Å². The van der Waals surface area contributed by atoms with E-state index in [1.54, 1.807) is 0 Å². The summed E-state index contributed by atoms with van der Waals surface area (Å²) in [4.78, 5) is 10.8. The minimum atomic E-state index is -0.371. The summed E-state index contributed by atoms with van der Waals surface area (Å²) in [6, 6.07) is 0. The number of methoxy groups -OCH3 is 1. The second-order valence-electron chi connectivity index (χ2n) is 3.27. The van der Waals surface area contributed by atoms with Crippen molar-refractivity contribution in [3.8, 4) is 0 Å². The van der Waals surface area contributed by atoms with Crippen molar-refractivity contribution in [2.45, 2.75) is 19.8 Å². The number of rotatable bonds is 1. The molecule has 12 heavy (non-hydrogen) atoms. The van der Waals surface area contributed by atoms with Crippen molar-refractivity contribution in [2.75, 3.05) is 20.2 Å². The van der Waals surface area contributed by atoms with Crippen molar-refractivity contribution in [2.24, 2.45) is 5.92 Å². The Kier molecular flexibility index (Phi) is 3.34. The van der Waals surface area contributed by atoms with E-state index in [1.165, 1.54) is 7.11 Å². The molecule has 70 valence electrons. The van der Waals surface area contributed by atoms with Crippen molar-refractivity contribution in [1.29, 1.82) is 0 Å². The Hall–Kier alpha value is -0.770. The highest BCUT2D eigenvalue weighted by molar-refractivity contribution is 5.66. The SMILES string of the molecule is COC(=O)NN1CCC(C)CC1. The number of carbonyl (C=O) groups is 1. The smallest absolute Gasteiger partial charge is 0.421 e. The quantitative estimate of drug-likeness (QED) is 0.641. The van der Waals surface area contributed by atoms with Crippen LogP contribution < -0.4 is 5.43 Å². The first kappa shape index (κ1) is 9.32. The van der Waals surface area contributed by atoms with Gasteiger partial charge in [0.1, 0.15) is 0 Å². The van der Waals surface area contributed by atoms with Crippen LogP contribution in [0.3, 0.4) is 0 Å². The Balaban J connectivity index is 2.21. The standard InChI is InChI=1S/C8H16N2O2/c1-7-3-5-10(6-4-7)9-8(11)12-2/h7H,3-6H2,1-2H3,(H,9,11). The van der Waals surface area contributed by atoms with E-state index < -0.39 is 0 Å². The van der Waals surface area contributed by atoms with E-state index in [-0.39, 0.29) is 6.09 Å². The molecule has 0 aliphatic carbocycles. The highest BCUT2D eigenvalue weighted by Gasteiger charge is 2.16. The summed E-state index contributed by atoms with van der Waals surface area (Å²) in [5.74, 6) is 0.778. The largest absolute Gasteiger partial charge is 0.452 e. The number of carbonyl (C=O) groups excluding carboxylic acids is 1. The van der Waals surface area contributed by atoms with E-state index in [4.69, 9.17) is 0 Å². The van der Waals surface area contributed by atoms with Gasteiger partial charge in [0, 0.05) is 13.1 Å². The molecule has 0 atom stereocenters. The van der Waals surface area contributed by atoms with Gasteiger partial charge in [0.25, 0.3) is 0 Å². The number of hydrogen-bond acceptors (Lipinski definition) is 3. The molecular weight excluding hydrogens is 156 g/mol.